The first-order chi connectivity index (χ1) is 26.2. The lowest BCUT2D eigenvalue weighted by atomic mass is 9.54. The molecule has 11 nitrogen and oxygen atoms in total. The Morgan fingerprint density at radius 1 is 1.07 bits per heavy atom. The number of nitrogens with zero attached hydrogens (tertiary/aromatic N) is 3. The Bertz CT molecular complexity index is 1980. The van der Waals surface area contributed by atoms with Crippen LogP contribution in [0.5, 0.6) is 5.75 Å². The van der Waals surface area contributed by atoms with Crippen molar-refractivity contribution in [3.8, 4) is 5.75 Å². The summed E-state index contributed by atoms with van der Waals surface area (Å²) in [5.74, 6) is -0.0575. The Labute approximate surface area is 330 Å². The quantitative estimate of drug-likeness (QED) is 0.419. The average molecular weight is 795 g/mol. The highest BCUT2D eigenvalue weighted by Crippen LogP contribution is 2.56. The topological polar surface area (TPSA) is 118 Å². The number of hydrogen-bond donors (Lipinski definition) is 1. The third-order valence-corrected chi connectivity index (χ3v) is 16.1. The number of anilines is 1. The van der Waals surface area contributed by atoms with E-state index in [1.54, 1.807) is 20.1 Å². The SMILES string of the molecule is CO[C@]1(CN2CCN3C(=O)COC[C@@H]3C2)/C=C/C[C@H](C)[C@@H](C)S(=O)(=O)NC(=O)c2ccc3c(c2)N(CC2(C)CC[C@H]21)C[C@@]1(CCCc2cc(Cl)ccc21)CO3. The maximum atomic E-state index is 13.7. The van der Waals surface area contributed by atoms with Gasteiger partial charge in [0.2, 0.25) is 15.9 Å². The zero-order valence-electron chi connectivity index (χ0n) is 32.5. The van der Waals surface area contributed by atoms with Gasteiger partial charge in [0, 0.05) is 62.4 Å². The number of methoxy groups -OCH3 is 1. The largest absolute Gasteiger partial charge is 0.490 e. The molecule has 1 unspecified atom stereocenters. The minimum absolute atomic E-state index is 0.000353. The summed E-state index contributed by atoms with van der Waals surface area (Å²) >= 11 is 6.52. The molecule has 8 rings (SSSR count). The van der Waals surface area contributed by atoms with E-state index >= 15 is 0 Å². The summed E-state index contributed by atoms with van der Waals surface area (Å²) in [6.07, 6.45) is 9.65. The number of sulfonamides is 1. The number of carbonyl (C=O) groups is 2. The second-order valence-corrected chi connectivity index (χ2v) is 19.9. The van der Waals surface area contributed by atoms with Gasteiger partial charge in [-0.05, 0) is 104 Å². The third-order valence-electron chi connectivity index (χ3n) is 14.0. The number of benzene rings is 2. The number of allylic oxidation sites excluding steroid dienone is 1. The van der Waals surface area contributed by atoms with Crippen LogP contribution >= 0.6 is 11.6 Å². The van der Waals surface area contributed by atoms with Crippen LogP contribution in [0.1, 0.15) is 74.4 Å². The highest BCUT2D eigenvalue weighted by Gasteiger charge is 2.56. The molecule has 2 aromatic rings. The molecule has 4 heterocycles. The van der Waals surface area contributed by atoms with Crippen molar-refractivity contribution in [2.75, 3.05) is 71.1 Å². The van der Waals surface area contributed by atoms with E-state index in [-0.39, 0.29) is 46.8 Å². The molecule has 13 heteroatoms. The summed E-state index contributed by atoms with van der Waals surface area (Å²) < 4.78 is 48.9. The van der Waals surface area contributed by atoms with Crippen LogP contribution in [0.15, 0.2) is 48.6 Å². The molecular weight excluding hydrogens is 740 g/mol. The number of ether oxygens (including phenoxy) is 3. The lowest BCUT2D eigenvalue weighted by molar-refractivity contribution is -0.157. The number of carbonyl (C=O) groups excluding carboxylic acids is 2. The Kier molecular flexibility index (Phi) is 10.3. The van der Waals surface area contributed by atoms with Gasteiger partial charge in [0.25, 0.3) is 5.91 Å². The smallest absolute Gasteiger partial charge is 0.264 e. The van der Waals surface area contributed by atoms with Gasteiger partial charge < -0.3 is 24.0 Å². The normalized spacial score (nSPS) is 35.7. The van der Waals surface area contributed by atoms with Gasteiger partial charge in [-0.3, -0.25) is 14.5 Å². The number of amides is 2. The van der Waals surface area contributed by atoms with Crippen molar-refractivity contribution in [2.45, 2.75) is 81.6 Å². The van der Waals surface area contributed by atoms with E-state index < -0.39 is 26.8 Å². The number of nitrogens with one attached hydrogen (secondary N) is 1. The first-order valence-corrected chi connectivity index (χ1v) is 21.9. The Morgan fingerprint density at radius 3 is 2.69 bits per heavy atom. The molecule has 6 aliphatic rings. The second kappa shape index (κ2) is 14.7. The van der Waals surface area contributed by atoms with Crippen molar-refractivity contribution in [3.05, 3.63) is 70.3 Å². The number of halogens is 1. The molecule has 1 saturated carbocycles. The maximum Gasteiger partial charge on any atom is 0.264 e. The summed E-state index contributed by atoms with van der Waals surface area (Å²) in [6, 6.07) is 11.5. The fraction of sp³-hybridized carbons (Fsp3) is 0.619. The molecule has 0 aromatic heterocycles. The fourth-order valence-corrected chi connectivity index (χ4v) is 12.0. The summed E-state index contributed by atoms with van der Waals surface area (Å²) in [7, 11) is -2.20. The zero-order valence-corrected chi connectivity index (χ0v) is 34.1. The molecule has 298 valence electrons. The van der Waals surface area contributed by atoms with Gasteiger partial charge >= 0.3 is 0 Å². The predicted octanol–water partition coefficient (Wildman–Crippen LogP) is 5.20. The molecule has 2 aromatic carbocycles. The van der Waals surface area contributed by atoms with E-state index in [4.69, 9.17) is 25.8 Å². The minimum atomic E-state index is -4.00. The summed E-state index contributed by atoms with van der Waals surface area (Å²) in [5.41, 5.74) is 2.38. The molecule has 1 spiro atoms. The van der Waals surface area contributed by atoms with Gasteiger partial charge in [0.05, 0.1) is 30.2 Å². The molecule has 2 bridgehead atoms. The van der Waals surface area contributed by atoms with E-state index in [1.165, 1.54) is 11.1 Å². The molecule has 55 heavy (non-hydrogen) atoms. The summed E-state index contributed by atoms with van der Waals surface area (Å²) in [6.45, 7) is 11.2. The lowest BCUT2D eigenvalue weighted by Crippen LogP contribution is -2.65. The molecular formula is C42H55ClN4O7S. The highest BCUT2D eigenvalue weighted by atomic mass is 35.5. The van der Waals surface area contributed by atoms with Crippen LogP contribution in [-0.4, -0.2) is 113 Å². The number of piperazine rings is 1. The third kappa shape index (κ3) is 7.08. The first kappa shape index (κ1) is 38.7. The molecule has 2 amide bonds. The monoisotopic (exact) mass is 794 g/mol. The number of aryl methyl sites for hydroxylation is 1. The van der Waals surface area contributed by atoms with Crippen molar-refractivity contribution in [2.24, 2.45) is 17.3 Å². The fourth-order valence-electron chi connectivity index (χ4n) is 10.5. The number of morpholine rings is 1. The molecule has 2 aliphatic carbocycles. The second-order valence-electron chi connectivity index (χ2n) is 17.5. The van der Waals surface area contributed by atoms with Crippen molar-refractivity contribution in [1.29, 1.82) is 0 Å². The van der Waals surface area contributed by atoms with E-state index in [9.17, 15) is 18.0 Å². The first-order valence-electron chi connectivity index (χ1n) is 19.9. The van der Waals surface area contributed by atoms with E-state index in [0.29, 0.717) is 58.1 Å². The predicted molar refractivity (Wildman–Crippen MR) is 212 cm³/mol. The molecule has 3 fully saturated rings. The van der Waals surface area contributed by atoms with E-state index in [1.807, 2.05) is 30.0 Å². The van der Waals surface area contributed by atoms with Gasteiger partial charge in [-0.2, -0.15) is 0 Å². The minimum Gasteiger partial charge on any atom is -0.490 e. The van der Waals surface area contributed by atoms with Gasteiger partial charge in [-0.25, -0.2) is 13.1 Å². The van der Waals surface area contributed by atoms with Crippen molar-refractivity contribution >= 4 is 39.1 Å². The van der Waals surface area contributed by atoms with Gasteiger partial charge in [0.1, 0.15) is 18.0 Å². The molecule has 4 aliphatic heterocycles. The lowest BCUT2D eigenvalue weighted by Gasteiger charge is -2.58. The molecule has 7 atom stereocenters. The Morgan fingerprint density at radius 2 is 1.91 bits per heavy atom. The van der Waals surface area contributed by atoms with Crippen LogP contribution in [0.25, 0.3) is 0 Å². The van der Waals surface area contributed by atoms with Gasteiger partial charge in [-0.15, -0.1) is 0 Å². The van der Waals surface area contributed by atoms with Crippen LogP contribution in [0.3, 0.4) is 0 Å². The van der Waals surface area contributed by atoms with Crippen LogP contribution in [0.4, 0.5) is 5.69 Å². The van der Waals surface area contributed by atoms with Crippen LogP contribution in [0.2, 0.25) is 5.02 Å². The van der Waals surface area contributed by atoms with Crippen molar-refractivity contribution in [1.82, 2.24) is 14.5 Å². The van der Waals surface area contributed by atoms with E-state index in [0.717, 1.165) is 49.4 Å². The van der Waals surface area contributed by atoms with Crippen molar-refractivity contribution < 1.29 is 32.2 Å². The Balaban J connectivity index is 1.21. The number of fused-ring (bicyclic) bond motifs is 5. The van der Waals surface area contributed by atoms with Crippen LogP contribution in [-0.2, 0) is 36.1 Å². The summed E-state index contributed by atoms with van der Waals surface area (Å²) in [4.78, 5) is 33.2. The number of hydrogen-bond acceptors (Lipinski definition) is 9. The highest BCUT2D eigenvalue weighted by molar-refractivity contribution is 7.90. The number of rotatable bonds is 3. The maximum absolute atomic E-state index is 13.7. The molecule has 0 radical (unpaired) electrons. The standard InChI is InChI=1S/C42H55ClN4O7S/c1-28-7-5-15-42(52-4,26-45-17-18-47-33(21-45)22-53-23-38(47)48)37-13-16-40(37,3)24-46-25-41(14-6-8-30-19-32(43)10-11-34(30)41)27-54-36-12-9-31(20-35(36)46)39(49)44-55(50,51)29(28)2/h5,9-12,15,19-20,28-29,33,37H,6-8,13-14,16-18,21-27H2,1-4H3,(H,44,49)/b15-5+/t28-,29+,33-,37+,40?,41-,42-/m0/s1. The zero-order chi connectivity index (χ0) is 38.8. The van der Waals surface area contributed by atoms with E-state index in [2.05, 4.69) is 45.7 Å². The van der Waals surface area contributed by atoms with Crippen LogP contribution < -0.4 is 14.4 Å². The van der Waals surface area contributed by atoms with Crippen LogP contribution in [0, 0.1) is 17.3 Å². The Hall–Kier alpha value is -3.16. The summed E-state index contributed by atoms with van der Waals surface area (Å²) in [5, 5.41) is -0.0945. The average Bonchev–Trinajstić information content (AvgIpc) is 3.29. The van der Waals surface area contributed by atoms with Crippen molar-refractivity contribution in [3.63, 3.8) is 0 Å². The van der Waals surface area contributed by atoms with Gasteiger partial charge in [-0.1, -0.05) is 43.7 Å². The van der Waals surface area contributed by atoms with Gasteiger partial charge in [0.15, 0.2) is 0 Å². The molecule has 1 N–H and O–H groups in total. The molecule has 2 saturated heterocycles.